The number of fused-ring (bicyclic) bond motifs is 1. The molecule has 0 aliphatic heterocycles. The molecule has 0 saturated heterocycles. The van der Waals surface area contributed by atoms with Crippen molar-refractivity contribution in [3.05, 3.63) is 41.2 Å². The van der Waals surface area contributed by atoms with Crippen molar-refractivity contribution in [2.75, 3.05) is 25.5 Å². The summed E-state index contributed by atoms with van der Waals surface area (Å²) < 4.78 is 1.90. The van der Waals surface area contributed by atoms with Crippen LogP contribution in [0.15, 0.2) is 30.0 Å². The van der Waals surface area contributed by atoms with Crippen molar-refractivity contribution in [3.63, 3.8) is 0 Å². The van der Waals surface area contributed by atoms with Gasteiger partial charge in [-0.3, -0.25) is 0 Å². The van der Waals surface area contributed by atoms with E-state index < -0.39 is 0 Å². The zero-order valence-electron chi connectivity index (χ0n) is 15.5. The molecule has 0 atom stereocenters. The van der Waals surface area contributed by atoms with Gasteiger partial charge in [-0.1, -0.05) is 12.2 Å². The van der Waals surface area contributed by atoms with Gasteiger partial charge >= 0.3 is 0 Å². The zero-order valence-corrected chi connectivity index (χ0v) is 15.5. The highest BCUT2D eigenvalue weighted by molar-refractivity contribution is 5.70. The van der Waals surface area contributed by atoms with Crippen LogP contribution in [-0.2, 0) is 0 Å². The van der Waals surface area contributed by atoms with E-state index in [4.69, 9.17) is 4.98 Å². The molecule has 0 saturated carbocycles. The third kappa shape index (κ3) is 4.23. The van der Waals surface area contributed by atoms with Gasteiger partial charge in [0.1, 0.15) is 5.82 Å². The number of nitrogens with one attached hydrogen (secondary N) is 2. The Morgan fingerprint density at radius 3 is 2.71 bits per heavy atom. The molecule has 130 valence electrons. The Morgan fingerprint density at radius 1 is 1.25 bits per heavy atom. The molecule has 2 rings (SSSR count). The molecule has 5 heteroatoms. The molecule has 2 aromatic heterocycles. The second-order valence-corrected chi connectivity index (χ2v) is 6.14. The van der Waals surface area contributed by atoms with Crippen LogP contribution in [0.4, 0.5) is 5.82 Å². The van der Waals surface area contributed by atoms with Gasteiger partial charge in [0.2, 0.25) is 0 Å². The van der Waals surface area contributed by atoms with Crippen LogP contribution in [0.5, 0.6) is 0 Å². The normalized spacial score (nSPS) is 12.9. The fraction of sp³-hybridized carbons (Fsp3) is 0.474. The molecule has 0 unspecified atom stereocenters. The van der Waals surface area contributed by atoms with E-state index in [1.807, 2.05) is 31.6 Å². The molecule has 2 N–H and O–H groups in total. The zero-order chi connectivity index (χ0) is 17.5. The topological polar surface area (TPSA) is 54.2 Å². The van der Waals surface area contributed by atoms with Gasteiger partial charge in [0.25, 0.3) is 0 Å². The lowest BCUT2D eigenvalue weighted by molar-refractivity contribution is 0.692. The number of aryl methyl sites for hydroxylation is 1. The van der Waals surface area contributed by atoms with E-state index >= 15 is 0 Å². The molecule has 0 aliphatic rings. The van der Waals surface area contributed by atoms with Crippen LogP contribution in [-0.4, -0.2) is 34.7 Å². The average Bonchev–Trinajstić information content (AvgIpc) is 2.95. The molecule has 2 heterocycles. The number of anilines is 1. The van der Waals surface area contributed by atoms with Crippen molar-refractivity contribution in [3.8, 4) is 0 Å². The minimum atomic E-state index is 0.915. The summed E-state index contributed by atoms with van der Waals surface area (Å²) in [6, 6.07) is 2.10. The van der Waals surface area contributed by atoms with Crippen molar-refractivity contribution in [2.45, 2.75) is 40.5 Å². The summed E-state index contributed by atoms with van der Waals surface area (Å²) in [4.78, 5) is 4.82. The summed E-state index contributed by atoms with van der Waals surface area (Å²) in [6.45, 7) is 10.3. The molecule has 0 radical (unpaired) electrons. The van der Waals surface area contributed by atoms with Gasteiger partial charge in [0, 0.05) is 18.2 Å². The van der Waals surface area contributed by atoms with Gasteiger partial charge in [-0.25, -0.2) is 4.98 Å². The second-order valence-electron chi connectivity index (χ2n) is 6.14. The van der Waals surface area contributed by atoms with E-state index in [9.17, 15) is 0 Å². The monoisotopic (exact) mass is 327 g/mol. The lowest BCUT2D eigenvalue weighted by atomic mass is 10.1. The van der Waals surface area contributed by atoms with Gasteiger partial charge < -0.3 is 10.6 Å². The fourth-order valence-electron chi connectivity index (χ4n) is 2.61. The Bertz CT molecular complexity index is 740. The van der Waals surface area contributed by atoms with Crippen molar-refractivity contribution in [1.82, 2.24) is 19.9 Å². The van der Waals surface area contributed by atoms with E-state index in [1.54, 1.807) is 0 Å². The highest BCUT2D eigenvalue weighted by Gasteiger charge is 2.11. The Morgan fingerprint density at radius 2 is 2.00 bits per heavy atom. The van der Waals surface area contributed by atoms with Crippen LogP contribution in [0.3, 0.4) is 0 Å². The summed E-state index contributed by atoms with van der Waals surface area (Å²) in [6.07, 6.45) is 8.32. The first-order chi connectivity index (χ1) is 11.6. The van der Waals surface area contributed by atoms with Gasteiger partial charge in [-0.2, -0.15) is 9.61 Å². The van der Waals surface area contributed by atoms with Crippen molar-refractivity contribution >= 4 is 17.0 Å². The van der Waals surface area contributed by atoms with Crippen LogP contribution in [0.1, 0.15) is 44.9 Å². The SMILES string of the molecule is C/C=C\C(C)=C(/C)c1cc(NCCCCNC)n2ncc(C)c2n1. The molecule has 0 aromatic carbocycles. The number of aromatic nitrogens is 3. The number of hydrogen-bond acceptors (Lipinski definition) is 4. The molecule has 5 nitrogen and oxygen atoms in total. The first-order valence-corrected chi connectivity index (χ1v) is 8.63. The minimum absolute atomic E-state index is 0.915. The van der Waals surface area contributed by atoms with Crippen LogP contribution in [0.2, 0.25) is 0 Å². The van der Waals surface area contributed by atoms with E-state index in [1.165, 1.54) is 11.1 Å². The summed E-state index contributed by atoms with van der Waals surface area (Å²) in [5.74, 6) is 1.00. The third-order valence-corrected chi connectivity index (χ3v) is 4.20. The summed E-state index contributed by atoms with van der Waals surface area (Å²) >= 11 is 0. The Labute approximate surface area is 144 Å². The lowest BCUT2D eigenvalue weighted by Gasteiger charge is -2.12. The molecule has 0 spiro atoms. The maximum Gasteiger partial charge on any atom is 0.160 e. The van der Waals surface area contributed by atoms with Gasteiger partial charge in [-0.05, 0) is 65.3 Å². The molecule has 0 aliphatic carbocycles. The Balaban J connectivity index is 2.33. The number of allylic oxidation sites excluding steroid dienone is 4. The van der Waals surface area contributed by atoms with Gasteiger partial charge in [0.15, 0.2) is 5.65 Å². The quantitative estimate of drug-likeness (QED) is 0.572. The molecule has 24 heavy (non-hydrogen) atoms. The summed E-state index contributed by atoms with van der Waals surface area (Å²) in [7, 11) is 1.99. The largest absolute Gasteiger partial charge is 0.370 e. The number of rotatable bonds is 8. The van der Waals surface area contributed by atoms with E-state index in [0.29, 0.717) is 0 Å². The molecule has 0 bridgehead atoms. The number of unbranched alkanes of at least 4 members (excludes halogenated alkanes) is 1. The molecule has 2 aromatic rings. The molecule has 0 fully saturated rings. The standard InChI is InChI=1S/C19H29N5/c1-6-9-14(2)16(4)17-12-18(21-11-8-7-10-20-5)24-19(23-17)15(3)13-22-24/h6,9,12-13,20-21H,7-8,10-11H2,1-5H3/b9-6-,16-14+. The smallest absolute Gasteiger partial charge is 0.160 e. The molecular weight excluding hydrogens is 298 g/mol. The van der Waals surface area contributed by atoms with Crippen LogP contribution in [0.25, 0.3) is 11.2 Å². The van der Waals surface area contributed by atoms with E-state index in [-0.39, 0.29) is 0 Å². The molecular formula is C19H29N5. The Hall–Kier alpha value is -2.14. The van der Waals surface area contributed by atoms with Crippen molar-refractivity contribution < 1.29 is 0 Å². The lowest BCUT2D eigenvalue weighted by Crippen LogP contribution is -2.12. The second kappa shape index (κ2) is 8.64. The Kier molecular flexibility index (Phi) is 6.55. The number of nitrogens with zero attached hydrogens (tertiary/aromatic N) is 3. The van der Waals surface area contributed by atoms with Gasteiger partial charge in [-0.15, -0.1) is 0 Å². The maximum atomic E-state index is 4.82. The van der Waals surface area contributed by atoms with Crippen LogP contribution >= 0.6 is 0 Å². The summed E-state index contributed by atoms with van der Waals surface area (Å²) in [5.41, 5.74) is 5.42. The van der Waals surface area contributed by atoms with E-state index in [2.05, 4.69) is 47.8 Å². The van der Waals surface area contributed by atoms with E-state index in [0.717, 1.165) is 48.7 Å². The first kappa shape index (κ1) is 18.2. The van der Waals surface area contributed by atoms with Crippen molar-refractivity contribution in [2.24, 2.45) is 0 Å². The predicted octanol–water partition coefficient (Wildman–Crippen LogP) is 3.82. The minimum Gasteiger partial charge on any atom is -0.370 e. The third-order valence-electron chi connectivity index (χ3n) is 4.20. The van der Waals surface area contributed by atoms with Crippen LogP contribution < -0.4 is 10.6 Å². The maximum absolute atomic E-state index is 4.82. The van der Waals surface area contributed by atoms with Crippen LogP contribution in [0, 0.1) is 6.92 Å². The summed E-state index contributed by atoms with van der Waals surface area (Å²) in [5, 5.41) is 11.2. The highest BCUT2D eigenvalue weighted by Crippen LogP contribution is 2.23. The van der Waals surface area contributed by atoms with Gasteiger partial charge in [0.05, 0.1) is 11.9 Å². The number of hydrogen-bond donors (Lipinski definition) is 2. The average molecular weight is 327 g/mol. The highest BCUT2D eigenvalue weighted by atomic mass is 15.3. The molecule has 0 amide bonds. The predicted molar refractivity (Wildman–Crippen MR) is 102 cm³/mol. The van der Waals surface area contributed by atoms with Crippen molar-refractivity contribution in [1.29, 1.82) is 0 Å². The first-order valence-electron chi connectivity index (χ1n) is 8.63. The fourth-order valence-corrected chi connectivity index (χ4v) is 2.61.